The van der Waals surface area contributed by atoms with E-state index in [0.717, 1.165) is 6.42 Å². The maximum atomic E-state index is 13.8. The molecule has 1 aliphatic rings. The lowest BCUT2D eigenvalue weighted by Gasteiger charge is -2.13. The molecule has 8 heteroatoms. The Morgan fingerprint density at radius 3 is 2.76 bits per heavy atom. The zero-order valence-electron chi connectivity index (χ0n) is 13.3. The molecule has 0 radical (unpaired) electrons. The Morgan fingerprint density at radius 1 is 1.16 bits per heavy atom. The summed E-state index contributed by atoms with van der Waals surface area (Å²) in [6.45, 7) is 0.533. The van der Waals surface area contributed by atoms with Crippen LogP contribution in [0.15, 0.2) is 42.6 Å². The number of hydrogen-bond acceptors (Lipinski definition) is 5. The maximum absolute atomic E-state index is 13.8. The van der Waals surface area contributed by atoms with E-state index in [1.165, 1.54) is 24.4 Å². The molecule has 1 unspecified atom stereocenters. The summed E-state index contributed by atoms with van der Waals surface area (Å²) >= 11 is 0. The van der Waals surface area contributed by atoms with E-state index in [1.807, 2.05) is 0 Å². The normalized spacial score (nSPS) is 16.3. The first-order valence-electron chi connectivity index (χ1n) is 7.83. The Morgan fingerprint density at radius 2 is 2.00 bits per heavy atom. The fourth-order valence-corrected chi connectivity index (χ4v) is 2.43. The zero-order valence-corrected chi connectivity index (χ0v) is 13.3. The molecule has 3 rings (SSSR count). The van der Waals surface area contributed by atoms with E-state index in [1.54, 1.807) is 18.2 Å². The van der Waals surface area contributed by atoms with Gasteiger partial charge in [0.05, 0.1) is 11.3 Å². The molecule has 25 heavy (non-hydrogen) atoms. The Hall–Kier alpha value is -3.00. The second-order valence-electron chi connectivity index (χ2n) is 5.45. The van der Waals surface area contributed by atoms with Gasteiger partial charge in [-0.05, 0) is 37.1 Å². The highest BCUT2D eigenvalue weighted by Gasteiger charge is 2.24. The van der Waals surface area contributed by atoms with E-state index in [4.69, 9.17) is 4.74 Å². The third-order valence-corrected chi connectivity index (χ3v) is 3.70. The van der Waals surface area contributed by atoms with Crippen LogP contribution in [-0.2, 0) is 9.53 Å². The van der Waals surface area contributed by atoms with Crippen LogP contribution in [0, 0.1) is 5.82 Å². The second kappa shape index (κ2) is 7.71. The highest BCUT2D eigenvalue weighted by atomic mass is 19.1. The SMILES string of the molecule is O=C(NNC(=O)C1CCCO1)c1cccnc1Nc1ccccc1F. The predicted octanol–water partition coefficient (Wildman–Crippen LogP) is 1.90. The molecule has 2 amide bonds. The molecule has 0 aliphatic carbocycles. The topological polar surface area (TPSA) is 92.4 Å². The van der Waals surface area contributed by atoms with Crippen LogP contribution in [0.25, 0.3) is 0 Å². The van der Waals surface area contributed by atoms with Crippen LogP contribution in [-0.4, -0.2) is 29.5 Å². The number of carbonyl (C=O) groups excluding carboxylic acids is 2. The number of ether oxygens (including phenoxy) is 1. The van der Waals surface area contributed by atoms with Gasteiger partial charge in [-0.25, -0.2) is 9.37 Å². The molecule has 2 aromatic rings. The molecule has 1 aliphatic heterocycles. The quantitative estimate of drug-likeness (QED) is 0.737. The van der Waals surface area contributed by atoms with Gasteiger partial charge >= 0.3 is 0 Å². The minimum atomic E-state index is -0.571. The molecular weight excluding hydrogens is 327 g/mol. The summed E-state index contributed by atoms with van der Waals surface area (Å²) in [5, 5.41) is 2.78. The van der Waals surface area contributed by atoms with Crippen molar-refractivity contribution in [1.29, 1.82) is 0 Å². The summed E-state index contributed by atoms with van der Waals surface area (Å²) < 4.78 is 19.0. The molecule has 3 N–H and O–H groups in total. The first-order valence-corrected chi connectivity index (χ1v) is 7.83. The maximum Gasteiger partial charge on any atom is 0.273 e. The van der Waals surface area contributed by atoms with Crippen molar-refractivity contribution in [3.8, 4) is 0 Å². The van der Waals surface area contributed by atoms with Gasteiger partial charge in [0.2, 0.25) is 0 Å². The average Bonchev–Trinajstić information content (AvgIpc) is 3.16. The van der Waals surface area contributed by atoms with Gasteiger partial charge in [0, 0.05) is 12.8 Å². The van der Waals surface area contributed by atoms with E-state index in [2.05, 4.69) is 21.2 Å². The number of aromatic nitrogens is 1. The number of hydrazine groups is 1. The van der Waals surface area contributed by atoms with Crippen LogP contribution >= 0.6 is 0 Å². The van der Waals surface area contributed by atoms with Crippen LogP contribution in [0.5, 0.6) is 0 Å². The van der Waals surface area contributed by atoms with Crippen molar-refractivity contribution in [1.82, 2.24) is 15.8 Å². The summed E-state index contributed by atoms with van der Waals surface area (Å²) in [5.41, 5.74) is 5.01. The smallest absolute Gasteiger partial charge is 0.273 e. The molecule has 1 saturated heterocycles. The van der Waals surface area contributed by atoms with Crippen molar-refractivity contribution in [2.75, 3.05) is 11.9 Å². The third kappa shape index (κ3) is 4.10. The minimum absolute atomic E-state index is 0.165. The largest absolute Gasteiger partial charge is 0.368 e. The number of benzene rings is 1. The number of nitrogens with one attached hydrogen (secondary N) is 3. The first kappa shape index (κ1) is 16.8. The molecule has 0 spiro atoms. The molecule has 1 fully saturated rings. The molecule has 1 atom stereocenters. The van der Waals surface area contributed by atoms with Crippen LogP contribution < -0.4 is 16.2 Å². The van der Waals surface area contributed by atoms with E-state index in [9.17, 15) is 14.0 Å². The fourth-order valence-electron chi connectivity index (χ4n) is 2.43. The van der Waals surface area contributed by atoms with Crippen molar-refractivity contribution in [2.24, 2.45) is 0 Å². The van der Waals surface area contributed by atoms with Crippen LogP contribution in [0.1, 0.15) is 23.2 Å². The Kier molecular flexibility index (Phi) is 5.20. The molecule has 0 bridgehead atoms. The van der Waals surface area contributed by atoms with E-state index in [0.29, 0.717) is 13.0 Å². The van der Waals surface area contributed by atoms with E-state index in [-0.39, 0.29) is 17.1 Å². The van der Waals surface area contributed by atoms with Crippen LogP contribution in [0.4, 0.5) is 15.9 Å². The molecule has 130 valence electrons. The Bertz CT molecular complexity index is 778. The summed E-state index contributed by atoms with van der Waals surface area (Å²) in [6, 6.07) is 9.15. The lowest BCUT2D eigenvalue weighted by atomic mass is 10.2. The molecule has 2 heterocycles. The molecule has 1 aromatic carbocycles. The Labute approximate surface area is 143 Å². The van der Waals surface area contributed by atoms with Gasteiger partial charge in [0.25, 0.3) is 11.8 Å². The monoisotopic (exact) mass is 344 g/mol. The van der Waals surface area contributed by atoms with Gasteiger partial charge in [-0.2, -0.15) is 0 Å². The first-order chi connectivity index (χ1) is 12.1. The zero-order chi connectivity index (χ0) is 17.6. The number of nitrogens with zero attached hydrogens (tertiary/aromatic N) is 1. The van der Waals surface area contributed by atoms with Crippen molar-refractivity contribution in [3.63, 3.8) is 0 Å². The number of para-hydroxylation sites is 1. The van der Waals surface area contributed by atoms with Crippen molar-refractivity contribution >= 4 is 23.3 Å². The van der Waals surface area contributed by atoms with E-state index >= 15 is 0 Å². The predicted molar refractivity (Wildman–Crippen MR) is 88.5 cm³/mol. The van der Waals surface area contributed by atoms with Gasteiger partial charge in [-0.15, -0.1) is 0 Å². The number of amides is 2. The van der Waals surface area contributed by atoms with Gasteiger partial charge in [-0.3, -0.25) is 20.4 Å². The fraction of sp³-hybridized carbons (Fsp3) is 0.235. The summed E-state index contributed by atoms with van der Waals surface area (Å²) in [6.07, 6.45) is 2.36. The molecule has 7 nitrogen and oxygen atoms in total. The molecule has 0 saturated carbocycles. The number of anilines is 2. The lowest BCUT2D eigenvalue weighted by molar-refractivity contribution is -0.130. The summed E-state index contributed by atoms with van der Waals surface area (Å²) in [4.78, 5) is 28.3. The highest BCUT2D eigenvalue weighted by molar-refractivity contribution is 6.00. The highest BCUT2D eigenvalue weighted by Crippen LogP contribution is 2.20. The van der Waals surface area contributed by atoms with E-state index < -0.39 is 23.7 Å². The third-order valence-electron chi connectivity index (χ3n) is 3.70. The lowest BCUT2D eigenvalue weighted by Crippen LogP contribution is -2.46. The standard InChI is InChI=1S/C17H17FN4O3/c18-12-6-1-2-7-13(12)20-15-11(5-3-9-19-15)16(23)21-22-17(24)14-8-4-10-25-14/h1-3,5-7,9,14H,4,8,10H2,(H,19,20)(H,21,23)(H,22,24). The minimum Gasteiger partial charge on any atom is -0.368 e. The van der Waals surface area contributed by atoms with Crippen molar-refractivity contribution in [3.05, 3.63) is 54.0 Å². The number of halogens is 1. The van der Waals surface area contributed by atoms with Gasteiger partial charge in [0.15, 0.2) is 0 Å². The summed E-state index contributed by atoms with van der Waals surface area (Å²) in [5.74, 6) is -1.26. The Balaban J connectivity index is 1.68. The number of pyridine rings is 1. The van der Waals surface area contributed by atoms with Crippen LogP contribution in [0.3, 0.4) is 0 Å². The van der Waals surface area contributed by atoms with Gasteiger partial charge in [-0.1, -0.05) is 12.1 Å². The van der Waals surface area contributed by atoms with Gasteiger partial charge in [0.1, 0.15) is 17.7 Å². The second-order valence-corrected chi connectivity index (χ2v) is 5.45. The average molecular weight is 344 g/mol. The van der Waals surface area contributed by atoms with Crippen molar-refractivity contribution in [2.45, 2.75) is 18.9 Å². The van der Waals surface area contributed by atoms with Crippen molar-refractivity contribution < 1.29 is 18.7 Å². The number of carbonyl (C=O) groups is 2. The summed E-state index contributed by atoms with van der Waals surface area (Å²) in [7, 11) is 0. The molecular formula is C17H17FN4O3. The van der Waals surface area contributed by atoms with Gasteiger partial charge < -0.3 is 10.1 Å². The molecule has 1 aromatic heterocycles. The number of hydrogen-bond donors (Lipinski definition) is 3. The number of rotatable bonds is 4. The van der Waals surface area contributed by atoms with Crippen LogP contribution in [0.2, 0.25) is 0 Å².